The lowest BCUT2D eigenvalue weighted by molar-refractivity contribution is 1.29. The van der Waals surface area contributed by atoms with Crippen LogP contribution in [0.4, 0.5) is 0 Å². The molecule has 3 N–H and O–H groups in total. The lowest BCUT2D eigenvalue weighted by Gasteiger charge is -2.11. The molecule has 0 unspecified atom stereocenters. The second-order valence-corrected chi connectivity index (χ2v) is 6.49. The predicted molar refractivity (Wildman–Crippen MR) is 91.0 cm³/mol. The SMILES string of the molecule is N=C(N)c1cnc2ccccc2c1Sc1cccc(Br)c1. The van der Waals surface area contributed by atoms with Crippen molar-refractivity contribution in [3.63, 3.8) is 0 Å². The Kier molecular flexibility index (Phi) is 3.94. The molecule has 0 bridgehead atoms. The topological polar surface area (TPSA) is 62.8 Å². The lowest BCUT2D eigenvalue weighted by Crippen LogP contribution is -2.13. The number of fused-ring (bicyclic) bond motifs is 1. The Hall–Kier alpha value is -1.85. The van der Waals surface area contributed by atoms with Gasteiger partial charge in [0.25, 0.3) is 0 Å². The van der Waals surface area contributed by atoms with Gasteiger partial charge in [-0.15, -0.1) is 0 Å². The van der Waals surface area contributed by atoms with Gasteiger partial charge in [0.15, 0.2) is 0 Å². The highest BCUT2D eigenvalue weighted by atomic mass is 79.9. The smallest absolute Gasteiger partial charge is 0.125 e. The summed E-state index contributed by atoms with van der Waals surface area (Å²) in [5.41, 5.74) is 7.28. The number of nitrogens with zero attached hydrogens (tertiary/aromatic N) is 1. The number of nitrogen functional groups attached to an aromatic ring is 1. The third kappa shape index (κ3) is 2.94. The minimum atomic E-state index is 0.0331. The zero-order valence-electron chi connectivity index (χ0n) is 11.0. The largest absolute Gasteiger partial charge is 0.384 e. The molecule has 0 aliphatic heterocycles. The van der Waals surface area contributed by atoms with E-state index in [4.69, 9.17) is 11.1 Å². The fourth-order valence-corrected chi connectivity index (χ4v) is 3.74. The molecule has 104 valence electrons. The fourth-order valence-electron chi connectivity index (χ4n) is 2.07. The van der Waals surface area contributed by atoms with Gasteiger partial charge in [-0.2, -0.15) is 0 Å². The first-order valence-corrected chi connectivity index (χ1v) is 7.91. The van der Waals surface area contributed by atoms with Crippen molar-refractivity contribution in [2.24, 2.45) is 5.73 Å². The van der Waals surface area contributed by atoms with Gasteiger partial charge < -0.3 is 5.73 Å². The summed E-state index contributed by atoms with van der Waals surface area (Å²) < 4.78 is 1.02. The molecule has 5 heteroatoms. The van der Waals surface area contributed by atoms with Crippen LogP contribution in [0.2, 0.25) is 0 Å². The van der Waals surface area contributed by atoms with Crippen LogP contribution in [0.1, 0.15) is 5.56 Å². The molecule has 0 radical (unpaired) electrons. The summed E-state index contributed by atoms with van der Waals surface area (Å²) in [6, 6.07) is 16.0. The molecular formula is C16H12BrN3S. The van der Waals surface area contributed by atoms with Gasteiger partial charge in [-0.1, -0.05) is 52.0 Å². The number of amidine groups is 1. The standard InChI is InChI=1S/C16H12BrN3S/c17-10-4-3-5-11(8-10)21-15-12-6-1-2-7-14(12)20-9-13(15)16(18)19/h1-9H,(H3,18,19). The Morgan fingerprint density at radius 3 is 2.71 bits per heavy atom. The Labute approximate surface area is 135 Å². The first kappa shape index (κ1) is 14.1. The highest BCUT2D eigenvalue weighted by molar-refractivity contribution is 9.10. The Morgan fingerprint density at radius 1 is 1.14 bits per heavy atom. The van der Waals surface area contributed by atoms with Crippen LogP contribution in [0.15, 0.2) is 69.0 Å². The second-order valence-electron chi connectivity index (χ2n) is 4.49. The average molecular weight is 358 g/mol. The van der Waals surface area contributed by atoms with Crippen LogP contribution in [0.3, 0.4) is 0 Å². The number of hydrogen-bond donors (Lipinski definition) is 2. The van der Waals surface area contributed by atoms with E-state index >= 15 is 0 Å². The maximum atomic E-state index is 7.77. The van der Waals surface area contributed by atoms with Gasteiger partial charge >= 0.3 is 0 Å². The summed E-state index contributed by atoms with van der Waals surface area (Å²) in [6.45, 7) is 0. The highest BCUT2D eigenvalue weighted by Crippen LogP contribution is 2.36. The normalized spacial score (nSPS) is 10.7. The molecule has 21 heavy (non-hydrogen) atoms. The summed E-state index contributed by atoms with van der Waals surface area (Å²) in [5.74, 6) is 0.0331. The molecule has 0 saturated heterocycles. The van der Waals surface area contributed by atoms with Crippen LogP contribution >= 0.6 is 27.7 Å². The van der Waals surface area contributed by atoms with E-state index < -0.39 is 0 Å². The summed E-state index contributed by atoms with van der Waals surface area (Å²) >= 11 is 5.08. The average Bonchev–Trinajstić information content (AvgIpc) is 2.47. The van der Waals surface area contributed by atoms with Crippen molar-refractivity contribution >= 4 is 44.4 Å². The van der Waals surface area contributed by atoms with Crippen molar-refractivity contribution in [1.29, 1.82) is 5.41 Å². The summed E-state index contributed by atoms with van der Waals surface area (Å²) in [4.78, 5) is 6.43. The lowest BCUT2D eigenvalue weighted by atomic mass is 10.1. The number of pyridine rings is 1. The number of benzene rings is 2. The number of para-hydroxylation sites is 1. The Balaban J connectivity index is 2.18. The predicted octanol–water partition coefficient (Wildman–Crippen LogP) is 4.43. The molecule has 2 aromatic carbocycles. The highest BCUT2D eigenvalue weighted by Gasteiger charge is 2.12. The molecule has 0 aliphatic carbocycles. The fraction of sp³-hybridized carbons (Fsp3) is 0. The molecule has 0 fully saturated rings. The van der Waals surface area contributed by atoms with Gasteiger partial charge in [0.1, 0.15) is 5.84 Å². The van der Waals surface area contributed by atoms with Crippen LogP contribution in [0, 0.1) is 5.41 Å². The Morgan fingerprint density at radius 2 is 1.95 bits per heavy atom. The van der Waals surface area contributed by atoms with Gasteiger partial charge in [0, 0.05) is 31.4 Å². The number of halogens is 1. The summed E-state index contributed by atoms with van der Waals surface area (Å²) in [7, 11) is 0. The first-order chi connectivity index (χ1) is 10.1. The Bertz CT molecular complexity index is 833. The van der Waals surface area contributed by atoms with Crippen molar-refractivity contribution in [3.8, 4) is 0 Å². The first-order valence-electron chi connectivity index (χ1n) is 6.31. The van der Waals surface area contributed by atoms with Gasteiger partial charge in [0.2, 0.25) is 0 Å². The van der Waals surface area contributed by atoms with E-state index in [9.17, 15) is 0 Å². The van der Waals surface area contributed by atoms with Gasteiger partial charge in [-0.3, -0.25) is 10.4 Å². The number of aromatic nitrogens is 1. The number of nitrogens with one attached hydrogen (secondary N) is 1. The maximum absolute atomic E-state index is 7.77. The molecule has 3 rings (SSSR count). The van der Waals surface area contributed by atoms with Crippen molar-refractivity contribution in [1.82, 2.24) is 4.98 Å². The van der Waals surface area contributed by atoms with Crippen LogP contribution in [0.5, 0.6) is 0 Å². The summed E-state index contributed by atoms with van der Waals surface area (Å²) in [5, 5.41) is 8.78. The minimum absolute atomic E-state index is 0.0331. The molecule has 1 heterocycles. The van der Waals surface area contributed by atoms with E-state index in [-0.39, 0.29) is 5.84 Å². The van der Waals surface area contributed by atoms with E-state index in [0.717, 1.165) is 25.2 Å². The monoisotopic (exact) mass is 357 g/mol. The number of hydrogen-bond acceptors (Lipinski definition) is 3. The minimum Gasteiger partial charge on any atom is -0.384 e. The third-order valence-corrected chi connectivity index (χ3v) is 4.66. The second kappa shape index (κ2) is 5.87. The van der Waals surface area contributed by atoms with Crippen LogP contribution < -0.4 is 5.73 Å². The van der Waals surface area contributed by atoms with Gasteiger partial charge in [0.05, 0.1) is 5.52 Å². The van der Waals surface area contributed by atoms with Gasteiger partial charge in [-0.05, 0) is 24.3 Å². The zero-order chi connectivity index (χ0) is 14.8. The van der Waals surface area contributed by atoms with Crippen LogP contribution in [-0.4, -0.2) is 10.8 Å². The molecule has 0 atom stereocenters. The molecule has 0 amide bonds. The molecule has 0 saturated carbocycles. The third-order valence-electron chi connectivity index (χ3n) is 3.03. The van der Waals surface area contributed by atoms with E-state index in [2.05, 4.69) is 20.9 Å². The van der Waals surface area contributed by atoms with Crippen molar-refractivity contribution < 1.29 is 0 Å². The molecule has 3 nitrogen and oxygen atoms in total. The van der Waals surface area contributed by atoms with Crippen molar-refractivity contribution in [2.75, 3.05) is 0 Å². The molecule has 0 spiro atoms. The van der Waals surface area contributed by atoms with Crippen molar-refractivity contribution in [2.45, 2.75) is 9.79 Å². The zero-order valence-corrected chi connectivity index (χ0v) is 13.4. The number of nitrogens with two attached hydrogens (primary N) is 1. The van der Waals surface area contributed by atoms with Crippen LogP contribution in [0.25, 0.3) is 10.9 Å². The molecular weight excluding hydrogens is 346 g/mol. The number of rotatable bonds is 3. The van der Waals surface area contributed by atoms with E-state index in [1.807, 2.05) is 48.5 Å². The molecule has 1 aromatic heterocycles. The molecule has 0 aliphatic rings. The quantitative estimate of drug-likeness (QED) is 0.538. The van der Waals surface area contributed by atoms with E-state index in [0.29, 0.717) is 5.56 Å². The maximum Gasteiger partial charge on any atom is 0.125 e. The molecule has 3 aromatic rings. The summed E-state index contributed by atoms with van der Waals surface area (Å²) in [6.07, 6.45) is 1.67. The van der Waals surface area contributed by atoms with Gasteiger partial charge in [-0.25, -0.2) is 0 Å². The van der Waals surface area contributed by atoms with Crippen molar-refractivity contribution in [3.05, 3.63) is 64.8 Å². The van der Waals surface area contributed by atoms with Crippen LogP contribution in [-0.2, 0) is 0 Å². The van der Waals surface area contributed by atoms with E-state index in [1.54, 1.807) is 18.0 Å². The van der Waals surface area contributed by atoms with E-state index in [1.165, 1.54) is 0 Å².